The number of rotatable bonds is 2. The van der Waals surface area contributed by atoms with E-state index in [1.54, 1.807) is 12.1 Å². The molecule has 2 rings (SSSR count). The highest BCUT2D eigenvalue weighted by Gasteiger charge is 2.03. The average Bonchev–Trinajstić information content (AvgIpc) is 2.64. The predicted octanol–water partition coefficient (Wildman–Crippen LogP) is 3.75. The van der Waals surface area contributed by atoms with Crippen LogP contribution in [0.25, 0.3) is 0 Å². The second-order valence-electron chi connectivity index (χ2n) is 2.39. The first-order chi connectivity index (χ1) is 6.75. The molecule has 14 heavy (non-hydrogen) atoms. The molecule has 0 radical (unpaired) electrons. The van der Waals surface area contributed by atoms with E-state index in [0.29, 0.717) is 16.0 Å². The van der Waals surface area contributed by atoms with Crippen molar-refractivity contribution in [1.29, 1.82) is 0 Å². The Kier molecular flexibility index (Phi) is 3.00. The molecule has 1 aromatic heterocycles. The van der Waals surface area contributed by atoms with Crippen LogP contribution in [0.2, 0.25) is 5.02 Å². The molecule has 0 aliphatic rings. The third-order valence-corrected chi connectivity index (χ3v) is 3.21. The highest BCUT2D eigenvalue weighted by atomic mass is 79.9. The van der Waals surface area contributed by atoms with E-state index in [-0.39, 0.29) is 0 Å². The fourth-order valence-electron chi connectivity index (χ4n) is 0.849. The zero-order chi connectivity index (χ0) is 9.97. The molecule has 0 atom stereocenters. The van der Waals surface area contributed by atoms with Crippen LogP contribution in [0, 0.1) is 0 Å². The van der Waals surface area contributed by atoms with Gasteiger partial charge in [-0.25, -0.2) is 0 Å². The maximum absolute atomic E-state index is 5.89. The fourth-order valence-corrected chi connectivity index (χ4v) is 1.68. The van der Waals surface area contributed by atoms with Crippen molar-refractivity contribution in [2.45, 2.75) is 0 Å². The zero-order valence-corrected chi connectivity index (χ0v) is 9.93. The van der Waals surface area contributed by atoms with Gasteiger partial charge in [-0.1, -0.05) is 11.6 Å². The minimum Gasteiger partial charge on any atom is -0.430 e. The van der Waals surface area contributed by atoms with E-state index in [2.05, 4.69) is 25.3 Å². The summed E-state index contributed by atoms with van der Waals surface area (Å²) in [6.07, 6.45) is 1.44. The molecule has 0 N–H and O–H groups in total. The van der Waals surface area contributed by atoms with E-state index in [1.165, 1.54) is 17.9 Å². The van der Waals surface area contributed by atoms with E-state index in [9.17, 15) is 0 Å². The fraction of sp³-hybridized carbons (Fsp3) is 0. The van der Waals surface area contributed by atoms with Crippen molar-refractivity contribution in [3.63, 3.8) is 0 Å². The van der Waals surface area contributed by atoms with Gasteiger partial charge in [0.25, 0.3) is 5.19 Å². The Hall–Kier alpha value is -0.650. The normalized spacial score (nSPS) is 10.1. The Bertz CT molecular complexity index is 435. The maximum atomic E-state index is 5.89. The number of benzene rings is 1. The van der Waals surface area contributed by atoms with Gasteiger partial charge in [0, 0.05) is 22.1 Å². The van der Waals surface area contributed by atoms with Crippen molar-refractivity contribution >= 4 is 39.1 Å². The predicted molar refractivity (Wildman–Crippen MR) is 59.1 cm³/mol. The van der Waals surface area contributed by atoms with Gasteiger partial charge in [0.05, 0.1) is 5.02 Å². The lowest BCUT2D eigenvalue weighted by atomic mass is 10.3. The molecule has 1 heterocycles. The van der Waals surface area contributed by atoms with Gasteiger partial charge < -0.3 is 4.74 Å². The Labute approximate surface area is 98.0 Å². The number of aromatic nitrogens is 2. The average molecular weight is 292 g/mol. The summed E-state index contributed by atoms with van der Waals surface area (Å²) in [4.78, 5) is 3.89. The number of hydrogen-bond donors (Lipinski definition) is 0. The molecule has 0 saturated heterocycles. The van der Waals surface area contributed by atoms with Crippen molar-refractivity contribution < 1.29 is 4.74 Å². The van der Waals surface area contributed by atoms with Gasteiger partial charge in [0.2, 0.25) is 0 Å². The monoisotopic (exact) mass is 290 g/mol. The number of ether oxygens (including phenoxy) is 1. The summed E-state index contributed by atoms with van der Waals surface area (Å²) in [6.45, 7) is 0. The van der Waals surface area contributed by atoms with Gasteiger partial charge in [-0.05, 0) is 28.1 Å². The smallest absolute Gasteiger partial charge is 0.298 e. The van der Waals surface area contributed by atoms with Crippen LogP contribution in [0.1, 0.15) is 0 Å². The van der Waals surface area contributed by atoms with Crippen LogP contribution in [0.3, 0.4) is 0 Å². The van der Waals surface area contributed by atoms with Crippen LogP contribution in [0.15, 0.2) is 29.0 Å². The minimum atomic E-state index is 0.503. The van der Waals surface area contributed by atoms with Crippen molar-refractivity contribution in [1.82, 2.24) is 9.36 Å². The molecular formula is C8H4BrClN2OS. The van der Waals surface area contributed by atoms with E-state index in [1.807, 2.05) is 6.07 Å². The molecule has 1 aromatic carbocycles. The highest BCUT2D eigenvalue weighted by Crippen LogP contribution is 2.29. The first-order valence-corrected chi connectivity index (χ1v) is 5.60. The topological polar surface area (TPSA) is 35.0 Å². The van der Waals surface area contributed by atoms with Gasteiger partial charge in [-0.3, -0.25) is 0 Å². The Morgan fingerprint density at radius 2 is 2.29 bits per heavy atom. The molecule has 3 nitrogen and oxygen atoms in total. The summed E-state index contributed by atoms with van der Waals surface area (Å²) in [5.74, 6) is 0.648. The van der Waals surface area contributed by atoms with E-state index in [4.69, 9.17) is 16.3 Å². The second-order valence-corrected chi connectivity index (χ2v) is 4.39. The van der Waals surface area contributed by atoms with Crippen molar-refractivity contribution in [3.05, 3.63) is 34.0 Å². The second kappa shape index (κ2) is 4.25. The van der Waals surface area contributed by atoms with Gasteiger partial charge in [0.1, 0.15) is 12.1 Å². The van der Waals surface area contributed by atoms with Crippen LogP contribution in [0.4, 0.5) is 0 Å². The van der Waals surface area contributed by atoms with Gasteiger partial charge in [0.15, 0.2) is 0 Å². The molecular weight excluding hydrogens is 288 g/mol. The molecule has 0 amide bonds. The molecule has 0 spiro atoms. The summed E-state index contributed by atoms with van der Waals surface area (Å²) in [5.41, 5.74) is 0. The molecule has 6 heteroatoms. The lowest BCUT2D eigenvalue weighted by Crippen LogP contribution is -1.82. The van der Waals surface area contributed by atoms with Crippen LogP contribution >= 0.6 is 39.1 Å². The number of nitrogens with zero attached hydrogens (tertiary/aromatic N) is 2. The largest absolute Gasteiger partial charge is 0.430 e. The van der Waals surface area contributed by atoms with Crippen molar-refractivity contribution in [3.8, 4) is 10.9 Å². The summed E-state index contributed by atoms with van der Waals surface area (Å²) in [5, 5.41) is 1.11. The Morgan fingerprint density at radius 1 is 1.43 bits per heavy atom. The van der Waals surface area contributed by atoms with E-state index < -0.39 is 0 Å². The SMILES string of the molecule is Clc1cc(Oc2ncns2)ccc1Br. The third-order valence-electron chi connectivity index (χ3n) is 1.44. The first kappa shape index (κ1) is 9.89. The molecule has 0 saturated carbocycles. The molecule has 0 aliphatic carbocycles. The van der Waals surface area contributed by atoms with E-state index in [0.717, 1.165) is 4.47 Å². The third kappa shape index (κ3) is 2.23. The van der Waals surface area contributed by atoms with Crippen LogP contribution in [-0.2, 0) is 0 Å². The standard InChI is InChI=1S/C8H4BrClN2OS/c9-6-2-1-5(3-7(6)10)13-8-11-4-12-14-8/h1-4H. The molecule has 0 unspecified atom stereocenters. The number of hydrogen-bond acceptors (Lipinski definition) is 4. The maximum Gasteiger partial charge on any atom is 0.298 e. The van der Waals surface area contributed by atoms with Crippen molar-refractivity contribution in [2.75, 3.05) is 0 Å². The van der Waals surface area contributed by atoms with Gasteiger partial charge >= 0.3 is 0 Å². The summed E-state index contributed by atoms with van der Waals surface area (Å²) in [7, 11) is 0. The molecule has 2 aromatic rings. The zero-order valence-electron chi connectivity index (χ0n) is 6.78. The Balaban J connectivity index is 2.22. The molecule has 0 aliphatic heterocycles. The summed E-state index contributed by atoms with van der Waals surface area (Å²) in [6, 6.07) is 5.34. The molecule has 72 valence electrons. The quantitative estimate of drug-likeness (QED) is 0.845. The summed E-state index contributed by atoms with van der Waals surface area (Å²) < 4.78 is 10.1. The lowest BCUT2D eigenvalue weighted by Gasteiger charge is -2.01. The van der Waals surface area contributed by atoms with Gasteiger partial charge in [-0.15, -0.1) is 0 Å². The molecule has 0 fully saturated rings. The lowest BCUT2D eigenvalue weighted by molar-refractivity contribution is 0.479. The Morgan fingerprint density at radius 3 is 2.93 bits per heavy atom. The van der Waals surface area contributed by atoms with Crippen LogP contribution < -0.4 is 4.74 Å². The minimum absolute atomic E-state index is 0.503. The first-order valence-electron chi connectivity index (χ1n) is 3.65. The highest BCUT2D eigenvalue weighted by molar-refractivity contribution is 9.10. The molecule has 0 bridgehead atoms. The van der Waals surface area contributed by atoms with E-state index >= 15 is 0 Å². The number of halogens is 2. The van der Waals surface area contributed by atoms with Crippen molar-refractivity contribution in [2.24, 2.45) is 0 Å². The van der Waals surface area contributed by atoms with Crippen LogP contribution in [-0.4, -0.2) is 9.36 Å². The summed E-state index contributed by atoms with van der Waals surface area (Å²) >= 11 is 10.4. The van der Waals surface area contributed by atoms with Gasteiger partial charge in [-0.2, -0.15) is 9.36 Å². The van der Waals surface area contributed by atoms with Crippen LogP contribution in [0.5, 0.6) is 10.9 Å².